The third kappa shape index (κ3) is 1.99. The van der Waals surface area contributed by atoms with Gasteiger partial charge in [-0.3, -0.25) is 10.1 Å². The van der Waals surface area contributed by atoms with E-state index >= 15 is 0 Å². The Hall–Kier alpha value is -2.96. The summed E-state index contributed by atoms with van der Waals surface area (Å²) in [7, 11) is 1.28. The van der Waals surface area contributed by atoms with Crippen molar-refractivity contribution in [3.8, 4) is 0 Å². The van der Waals surface area contributed by atoms with Crippen molar-refractivity contribution >= 4 is 33.5 Å². The molecule has 0 bridgehead atoms. The molecule has 3 aromatic rings. The van der Waals surface area contributed by atoms with Gasteiger partial charge >= 0.3 is 5.97 Å². The first-order chi connectivity index (χ1) is 10.0. The molecule has 0 atom stereocenters. The number of esters is 1. The molecule has 21 heavy (non-hydrogen) atoms. The second kappa shape index (κ2) is 4.55. The number of pyridine rings is 1. The molecular formula is C14H11N3O4. The van der Waals surface area contributed by atoms with Crippen LogP contribution in [0.1, 0.15) is 16.2 Å². The number of H-pyrrole nitrogens is 1. The Labute approximate surface area is 118 Å². The van der Waals surface area contributed by atoms with Gasteiger partial charge in [-0.05, 0) is 19.1 Å². The van der Waals surface area contributed by atoms with Gasteiger partial charge in [0.2, 0.25) is 0 Å². The molecule has 0 amide bonds. The Bertz CT molecular complexity index is 898. The molecule has 0 aliphatic carbocycles. The number of nitrogens with one attached hydrogen (secondary N) is 1. The largest absolute Gasteiger partial charge is 0.464 e. The van der Waals surface area contributed by atoms with Crippen molar-refractivity contribution < 1.29 is 14.5 Å². The minimum absolute atomic E-state index is 0.00233. The lowest BCUT2D eigenvalue weighted by atomic mass is 10.1. The van der Waals surface area contributed by atoms with Gasteiger partial charge in [-0.1, -0.05) is 0 Å². The normalized spacial score (nSPS) is 11.0. The van der Waals surface area contributed by atoms with E-state index in [4.69, 9.17) is 0 Å². The first-order valence-electron chi connectivity index (χ1n) is 6.17. The minimum Gasteiger partial charge on any atom is -0.464 e. The van der Waals surface area contributed by atoms with Crippen LogP contribution in [0.25, 0.3) is 21.8 Å². The van der Waals surface area contributed by atoms with Gasteiger partial charge in [0.15, 0.2) is 0 Å². The number of aryl methyl sites for hydroxylation is 1. The lowest BCUT2D eigenvalue weighted by Gasteiger charge is -2.01. The van der Waals surface area contributed by atoms with Crippen LogP contribution in [0.3, 0.4) is 0 Å². The van der Waals surface area contributed by atoms with Crippen LogP contribution in [-0.2, 0) is 4.74 Å². The Morgan fingerprint density at radius 1 is 1.33 bits per heavy atom. The highest BCUT2D eigenvalue weighted by atomic mass is 16.6. The lowest BCUT2D eigenvalue weighted by molar-refractivity contribution is -0.384. The van der Waals surface area contributed by atoms with Gasteiger partial charge in [-0.2, -0.15) is 0 Å². The molecule has 3 rings (SSSR count). The Morgan fingerprint density at radius 2 is 2.10 bits per heavy atom. The molecule has 7 heteroatoms. The van der Waals surface area contributed by atoms with E-state index in [0.29, 0.717) is 16.5 Å². The number of benzene rings is 1. The molecule has 2 aromatic heterocycles. The summed E-state index contributed by atoms with van der Waals surface area (Å²) in [6, 6.07) is 6.14. The highest BCUT2D eigenvalue weighted by Crippen LogP contribution is 2.30. The highest BCUT2D eigenvalue weighted by molar-refractivity contribution is 6.10. The smallest absolute Gasteiger partial charge is 0.356 e. The van der Waals surface area contributed by atoms with Crippen molar-refractivity contribution in [3.63, 3.8) is 0 Å². The summed E-state index contributed by atoms with van der Waals surface area (Å²) in [6.07, 6.45) is 0. The number of hydrogen-bond acceptors (Lipinski definition) is 5. The molecule has 0 spiro atoms. The molecule has 0 aliphatic rings. The number of rotatable bonds is 2. The van der Waals surface area contributed by atoms with Crippen LogP contribution in [0.5, 0.6) is 0 Å². The van der Waals surface area contributed by atoms with Gasteiger partial charge in [0.25, 0.3) is 5.69 Å². The van der Waals surface area contributed by atoms with Gasteiger partial charge in [0.05, 0.1) is 23.2 Å². The fourth-order valence-electron chi connectivity index (χ4n) is 2.36. The fourth-order valence-corrected chi connectivity index (χ4v) is 2.36. The van der Waals surface area contributed by atoms with Crippen molar-refractivity contribution in [2.24, 2.45) is 0 Å². The van der Waals surface area contributed by atoms with Gasteiger partial charge in [0, 0.05) is 28.4 Å². The van der Waals surface area contributed by atoms with E-state index < -0.39 is 10.9 Å². The molecule has 0 saturated carbocycles. The maximum Gasteiger partial charge on any atom is 0.356 e. The molecule has 7 nitrogen and oxygen atoms in total. The number of ether oxygens (including phenoxy) is 1. The molecule has 0 saturated heterocycles. The number of nitro benzene ring substituents is 1. The van der Waals surface area contributed by atoms with Gasteiger partial charge in [-0.25, -0.2) is 9.78 Å². The predicted molar refractivity (Wildman–Crippen MR) is 76.3 cm³/mol. The molecule has 2 heterocycles. The maximum atomic E-state index is 11.6. The van der Waals surface area contributed by atoms with E-state index in [0.717, 1.165) is 11.0 Å². The van der Waals surface area contributed by atoms with Crippen LogP contribution < -0.4 is 0 Å². The van der Waals surface area contributed by atoms with E-state index in [1.54, 1.807) is 19.1 Å². The van der Waals surface area contributed by atoms with E-state index in [-0.39, 0.29) is 11.4 Å². The zero-order valence-corrected chi connectivity index (χ0v) is 11.3. The molecule has 0 fully saturated rings. The van der Waals surface area contributed by atoms with Crippen LogP contribution in [-0.4, -0.2) is 28.0 Å². The van der Waals surface area contributed by atoms with Crippen molar-refractivity contribution in [3.05, 3.63) is 45.8 Å². The second-order valence-electron chi connectivity index (χ2n) is 4.62. The maximum absolute atomic E-state index is 11.6. The van der Waals surface area contributed by atoms with Crippen LogP contribution in [0.4, 0.5) is 5.69 Å². The first kappa shape index (κ1) is 13.0. The second-order valence-corrected chi connectivity index (χ2v) is 4.62. The number of non-ortho nitro benzene ring substituents is 1. The minimum atomic E-state index is -0.542. The Balaban J connectivity index is 2.37. The quantitative estimate of drug-likeness (QED) is 0.443. The number of aromatic amines is 1. The molecule has 0 radical (unpaired) electrons. The third-order valence-electron chi connectivity index (χ3n) is 3.36. The predicted octanol–water partition coefficient (Wildman–Crippen LogP) is 2.72. The number of carbonyl (C=O) groups excluding carboxylic acids is 1. The number of carbonyl (C=O) groups is 1. The zero-order valence-electron chi connectivity index (χ0n) is 11.3. The van der Waals surface area contributed by atoms with Crippen molar-refractivity contribution in [2.75, 3.05) is 7.11 Å². The van der Waals surface area contributed by atoms with Gasteiger partial charge in [-0.15, -0.1) is 0 Å². The fraction of sp³-hybridized carbons (Fsp3) is 0.143. The molecule has 1 aromatic carbocycles. The van der Waals surface area contributed by atoms with Crippen LogP contribution in [0.15, 0.2) is 24.3 Å². The number of methoxy groups -OCH3 is 1. The summed E-state index contributed by atoms with van der Waals surface area (Å²) in [4.78, 5) is 29.4. The first-order valence-corrected chi connectivity index (χ1v) is 6.17. The number of nitro groups is 1. The lowest BCUT2D eigenvalue weighted by Crippen LogP contribution is -2.05. The van der Waals surface area contributed by atoms with Gasteiger partial charge < -0.3 is 9.72 Å². The summed E-state index contributed by atoms with van der Waals surface area (Å²) in [5.41, 5.74) is 2.31. The summed E-state index contributed by atoms with van der Waals surface area (Å²) in [6.45, 7) is 1.76. The summed E-state index contributed by atoms with van der Waals surface area (Å²) in [5, 5.41) is 12.3. The van der Waals surface area contributed by atoms with E-state index in [9.17, 15) is 14.9 Å². The number of fused-ring (bicyclic) bond motifs is 3. The average molecular weight is 285 g/mol. The van der Waals surface area contributed by atoms with Crippen molar-refractivity contribution in [2.45, 2.75) is 6.92 Å². The number of aromatic nitrogens is 2. The van der Waals surface area contributed by atoms with E-state index in [1.165, 1.54) is 19.2 Å². The topological polar surface area (TPSA) is 98.1 Å². The third-order valence-corrected chi connectivity index (χ3v) is 3.36. The summed E-state index contributed by atoms with van der Waals surface area (Å²) < 4.78 is 4.67. The molecular weight excluding hydrogens is 274 g/mol. The van der Waals surface area contributed by atoms with Crippen molar-refractivity contribution in [1.29, 1.82) is 0 Å². The Morgan fingerprint density at radius 3 is 2.76 bits per heavy atom. The highest BCUT2D eigenvalue weighted by Gasteiger charge is 2.16. The summed E-state index contributed by atoms with van der Waals surface area (Å²) in [5.74, 6) is -0.542. The van der Waals surface area contributed by atoms with E-state index in [1.807, 2.05) is 0 Å². The number of nitrogens with zero attached hydrogens (tertiary/aromatic N) is 2. The Kier molecular flexibility index (Phi) is 2.83. The van der Waals surface area contributed by atoms with E-state index in [2.05, 4.69) is 14.7 Å². The molecule has 1 N–H and O–H groups in total. The SMILES string of the molecule is COC(=O)c1cc2c([nH]c3ccc([N+](=O)[O-])cc32)c(C)n1. The standard InChI is InChI=1S/C14H11N3O4/c1-7-13-10(6-12(15-7)14(18)21-2)9-5-8(17(19)20)3-4-11(9)16-13/h3-6,16H,1-2H3. The zero-order chi connectivity index (χ0) is 15.1. The van der Waals surface area contributed by atoms with Crippen LogP contribution >= 0.6 is 0 Å². The summed E-state index contributed by atoms with van der Waals surface area (Å²) >= 11 is 0. The molecule has 0 unspecified atom stereocenters. The molecule has 106 valence electrons. The monoisotopic (exact) mass is 285 g/mol. The van der Waals surface area contributed by atoms with Gasteiger partial charge in [0.1, 0.15) is 5.69 Å². The molecule has 0 aliphatic heterocycles. The average Bonchev–Trinajstić information content (AvgIpc) is 2.84. The van der Waals surface area contributed by atoms with Crippen LogP contribution in [0.2, 0.25) is 0 Å². The van der Waals surface area contributed by atoms with Crippen LogP contribution in [0, 0.1) is 17.0 Å². The van der Waals surface area contributed by atoms with Crippen molar-refractivity contribution in [1.82, 2.24) is 9.97 Å². The number of hydrogen-bond donors (Lipinski definition) is 1.